The van der Waals surface area contributed by atoms with Crippen LogP contribution in [0.4, 0.5) is 10.8 Å². The van der Waals surface area contributed by atoms with Crippen LogP contribution in [-0.4, -0.2) is 35.2 Å². The van der Waals surface area contributed by atoms with Gasteiger partial charge in [0.05, 0.1) is 15.6 Å². The van der Waals surface area contributed by atoms with Crippen molar-refractivity contribution < 1.29 is 18.1 Å². The van der Waals surface area contributed by atoms with Gasteiger partial charge in [-0.1, -0.05) is 17.4 Å². The van der Waals surface area contributed by atoms with Crippen LogP contribution in [0.1, 0.15) is 26.5 Å². The molecule has 0 aliphatic carbocycles. The number of amides is 1. The molecule has 1 amide bonds. The summed E-state index contributed by atoms with van der Waals surface area (Å²) in [5.41, 5.74) is 2.04. The van der Waals surface area contributed by atoms with E-state index in [9.17, 15) is 23.3 Å². The predicted octanol–water partition coefficient (Wildman–Crippen LogP) is 3.33. The number of hydrogen-bond donors (Lipinski definition) is 1. The summed E-state index contributed by atoms with van der Waals surface area (Å²) in [6, 6.07) is 10.2. The number of sulfone groups is 1. The zero-order valence-corrected chi connectivity index (χ0v) is 17.8. The molecular formula is C19H18N4O5S2. The maximum absolute atomic E-state index is 12.6. The van der Waals surface area contributed by atoms with Crippen LogP contribution < -0.4 is 5.32 Å². The highest BCUT2D eigenvalue weighted by atomic mass is 32.2. The molecule has 0 fully saturated rings. The Labute approximate surface area is 176 Å². The van der Waals surface area contributed by atoms with E-state index < -0.39 is 20.7 Å². The fourth-order valence-corrected chi connectivity index (χ4v) is 4.75. The van der Waals surface area contributed by atoms with Crippen molar-refractivity contribution in [3.05, 3.63) is 74.3 Å². The standard InChI is InChI=1S/C19H18N4O5S2/c1-12-3-8-16(11-13(12)2)30(27,28)10-9-17-21-22-19(29-17)20-18(24)14-4-6-15(7-5-14)23(25)26/h3-8,11H,9-10H2,1-2H3,(H,20,22,24). The van der Waals surface area contributed by atoms with Crippen molar-refractivity contribution >= 4 is 37.9 Å². The Morgan fingerprint density at radius 2 is 1.80 bits per heavy atom. The van der Waals surface area contributed by atoms with Gasteiger partial charge in [-0.2, -0.15) is 0 Å². The number of nitro benzene ring substituents is 1. The number of aromatic nitrogens is 2. The van der Waals surface area contributed by atoms with Crippen LogP contribution in [0.5, 0.6) is 0 Å². The lowest BCUT2D eigenvalue weighted by Crippen LogP contribution is -2.11. The van der Waals surface area contributed by atoms with Crippen molar-refractivity contribution in [3.63, 3.8) is 0 Å². The number of nitrogens with one attached hydrogen (secondary N) is 1. The fraction of sp³-hybridized carbons (Fsp3) is 0.211. The molecule has 1 aromatic heterocycles. The first-order valence-electron chi connectivity index (χ1n) is 8.84. The largest absolute Gasteiger partial charge is 0.296 e. The quantitative estimate of drug-likeness (QED) is 0.435. The van der Waals surface area contributed by atoms with Crippen molar-refractivity contribution in [2.45, 2.75) is 25.2 Å². The maximum Gasteiger partial charge on any atom is 0.269 e. The molecule has 3 aromatic rings. The van der Waals surface area contributed by atoms with Crippen molar-refractivity contribution in [2.24, 2.45) is 0 Å². The molecule has 0 saturated heterocycles. The molecule has 11 heteroatoms. The summed E-state index contributed by atoms with van der Waals surface area (Å²) in [5.74, 6) is -0.615. The van der Waals surface area contributed by atoms with Crippen LogP contribution in [0, 0.1) is 24.0 Å². The zero-order chi connectivity index (χ0) is 21.9. The lowest BCUT2D eigenvalue weighted by atomic mass is 10.1. The Kier molecular flexibility index (Phi) is 6.22. The number of rotatable bonds is 7. The average Bonchev–Trinajstić information content (AvgIpc) is 3.16. The molecule has 1 heterocycles. The number of nitrogens with zero attached hydrogens (tertiary/aromatic N) is 3. The van der Waals surface area contributed by atoms with E-state index in [4.69, 9.17) is 0 Å². The van der Waals surface area contributed by atoms with Gasteiger partial charge in [-0.15, -0.1) is 10.2 Å². The van der Waals surface area contributed by atoms with E-state index in [0.29, 0.717) is 5.01 Å². The third kappa shape index (κ3) is 5.05. The molecule has 0 unspecified atom stereocenters. The highest BCUT2D eigenvalue weighted by molar-refractivity contribution is 7.91. The minimum atomic E-state index is -3.47. The van der Waals surface area contributed by atoms with Crippen LogP contribution in [0.25, 0.3) is 0 Å². The lowest BCUT2D eigenvalue weighted by Gasteiger charge is -2.06. The van der Waals surface area contributed by atoms with Gasteiger partial charge in [0.2, 0.25) is 5.13 Å². The van der Waals surface area contributed by atoms with Crippen molar-refractivity contribution in [2.75, 3.05) is 11.1 Å². The number of benzene rings is 2. The first-order valence-corrected chi connectivity index (χ1v) is 11.3. The van der Waals surface area contributed by atoms with E-state index in [1.807, 2.05) is 13.8 Å². The highest BCUT2D eigenvalue weighted by Crippen LogP contribution is 2.21. The smallest absolute Gasteiger partial charge is 0.269 e. The number of aryl methyl sites for hydroxylation is 3. The first kappa shape index (κ1) is 21.5. The van der Waals surface area contributed by atoms with Gasteiger partial charge in [0.1, 0.15) is 5.01 Å². The zero-order valence-electron chi connectivity index (χ0n) is 16.2. The maximum atomic E-state index is 12.6. The molecule has 30 heavy (non-hydrogen) atoms. The molecule has 0 saturated carbocycles. The summed E-state index contributed by atoms with van der Waals surface area (Å²) < 4.78 is 25.1. The number of carbonyl (C=O) groups excluding carboxylic acids is 1. The molecule has 0 aliphatic heterocycles. The number of non-ortho nitro benzene ring substituents is 1. The monoisotopic (exact) mass is 446 g/mol. The topological polar surface area (TPSA) is 132 Å². The van der Waals surface area contributed by atoms with Crippen molar-refractivity contribution in [1.82, 2.24) is 10.2 Å². The molecule has 9 nitrogen and oxygen atoms in total. The second-order valence-corrected chi connectivity index (χ2v) is 9.75. The molecule has 0 radical (unpaired) electrons. The number of nitro groups is 1. The third-order valence-electron chi connectivity index (χ3n) is 4.45. The molecule has 0 aliphatic rings. The van der Waals surface area contributed by atoms with Crippen LogP contribution in [0.3, 0.4) is 0 Å². The number of anilines is 1. The van der Waals surface area contributed by atoms with E-state index in [1.54, 1.807) is 18.2 Å². The Bertz CT molecular complexity index is 1200. The summed E-state index contributed by atoms with van der Waals surface area (Å²) in [6.07, 6.45) is 0.167. The summed E-state index contributed by atoms with van der Waals surface area (Å²) in [4.78, 5) is 22.6. The number of carbonyl (C=O) groups is 1. The molecule has 0 atom stereocenters. The van der Waals surface area contributed by atoms with Gasteiger partial charge in [-0.25, -0.2) is 8.42 Å². The van der Waals surface area contributed by atoms with E-state index >= 15 is 0 Å². The van der Waals surface area contributed by atoms with Crippen LogP contribution in [0.2, 0.25) is 0 Å². The van der Waals surface area contributed by atoms with Gasteiger partial charge in [0.25, 0.3) is 11.6 Å². The van der Waals surface area contributed by atoms with Gasteiger partial charge in [0.15, 0.2) is 9.84 Å². The van der Waals surface area contributed by atoms with Gasteiger partial charge in [-0.05, 0) is 49.2 Å². The Hall–Kier alpha value is -3.18. The molecule has 156 valence electrons. The van der Waals surface area contributed by atoms with Gasteiger partial charge < -0.3 is 0 Å². The second kappa shape index (κ2) is 8.67. The Balaban J connectivity index is 1.62. The van der Waals surface area contributed by atoms with Crippen LogP contribution in [-0.2, 0) is 16.3 Å². The molecule has 0 bridgehead atoms. The summed E-state index contributed by atoms with van der Waals surface area (Å²) in [5, 5.41) is 21.7. The molecule has 1 N–H and O–H groups in total. The van der Waals surface area contributed by atoms with E-state index in [2.05, 4.69) is 15.5 Å². The fourth-order valence-electron chi connectivity index (χ4n) is 2.56. The van der Waals surface area contributed by atoms with Crippen molar-refractivity contribution in [3.8, 4) is 0 Å². The minimum absolute atomic E-state index is 0.116. The van der Waals surface area contributed by atoms with Crippen LogP contribution in [0.15, 0.2) is 47.4 Å². The molecule has 0 spiro atoms. The summed E-state index contributed by atoms with van der Waals surface area (Å²) >= 11 is 1.08. The van der Waals surface area contributed by atoms with Crippen molar-refractivity contribution in [1.29, 1.82) is 0 Å². The second-order valence-electron chi connectivity index (χ2n) is 6.57. The lowest BCUT2D eigenvalue weighted by molar-refractivity contribution is -0.384. The number of hydrogen-bond acceptors (Lipinski definition) is 8. The molecule has 2 aromatic carbocycles. The van der Waals surface area contributed by atoms with E-state index in [-0.39, 0.29) is 33.5 Å². The Morgan fingerprint density at radius 1 is 1.10 bits per heavy atom. The first-order chi connectivity index (χ1) is 14.2. The molecule has 3 rings (SSSR count). The predicted molar refractivity (Wildman–Crippen MR) is 113 cm³/mol. The average molecular weight is 447 g/mol. The third-order valence-corrected chi connectivity index (χ3v) is 7.06. The highest BCUT2D eigenvalue weighted by Gasteiger charge is 2.18. The van der Waals surface area contributed by atoms with Gasteiger partial charge in [-0.3, -0.25) is 20.2 Å². The van der Waals surface area contributed by atoms with Gasteiger partial charge >= 0.3 is 0 Å². The van der Waals surface area contributed by atoms with Crippen LogP contribution >= 0.6 is 11.3 Å². The van der Waals surface area contributed by atoms with E-state index in [1.165, 1.54) is 24.3 Å². The SMILES string of the molecule is Cc1ccc(S(=O)(=O)CCc2nnc(NC(=O)c3ccc([N+](=O)[O-])cc3)s2)cc1C. The Morgan fingerprint density at radius 3 is 2.43 bits per heavy atom. The van der Waals surface area contributed by atoms with E-state index in [0.717, 1.165) is 22.5 Å². The molecular weight excluding hydrogens is 428 g/mol. The summed E-state index contributed by atoms with van der Waals surface area (Å²) in [7, 11) is -3.47. The minimum Gasteiger partial charge on any atom is -0.296 e. The summed E-state index contributed by atoms with van der Waals surface area (Å²) in [6.45, 7) is 3.78. The normalized spacial score (nSPS) is 11.3. The van der Waals surface area contributed by atoms with Gasteiger partial charge in [0, 0.05) is 24.1 Å².